The number of halogens is 1. The van der Waals surface area contributed by atoms with E-state index in [1.165, 1.54) is 0 Å². The van der Waals surface area contributed by atoms with Gasteiger partial charge in [-0.3, -0.25) is 4.79 Å². The van der Waals surface area contributed by atoms with Gasteiger partial charge in [0.05, 0.1) is 6.10 Å². The molecular formula is C8H15ClO3. The Morgan fingerprint density at radius 1 is 1.33 bits per heavy atom. The van der Waals surface area contributed by atoms with E-state index in [0.29, 0.717) is 18.7 Å². The van der Waals surface area contributed by atoms with Crippen molar-refractivity contribution in [2.24, 2.45) is 0 Å². The molecule has 1 unspecified atom stereocenters. The number of alkyl halides is 1. The molecule has 0 radical (unpaired) electrons. The summed E-state index contributed by atoms with van der Waals surface area (Å²) in [5.74, 6) is -0.252. The Kier molecular flexibility index (Phi) is 7.20. The van der Waals surface area contributed by atoms with Gasteiger partial charge in [0.2, 0.25) is 0 Å². The summed E-state index contributed by atoms with van der Waals surface area (Å²) in [7, 11) is 0. The number of aliphatic hydroxyl groups excluding tert-OH is 1. The monoisotopic (exact) mass is 194 g/mol. The van der Waals surface area contributed by atoms with Gasteiger partial charge >= 0.3 is 5.97 Å². The fraction of sp³-hybridized carbons (Fsp3) is 0.875. The van der Waals surface area contributed by atoms with E-state index < -0.39 is 12.1 Å². The van der Waals surface area contributed by atoms with E-state index in [-0.39, 0.29) is 6.42 Å². The molecule has 3 nitrogen and oxygen atoms in total. The van der Waals surface area contributed by atoms with Crippen LogP contribution in [0.25, 0.3) is 0 Å². The number of hydrogen-bond donors (Lipinski definition) is 2. The van der Waals surface area contributed by atoms with Gasteiger partial charge in [-0.2, -0.15) is 0 Å². The molecule has 0 saturated heterocycles. The summed E-state index contributed by atoms with van der Waals surface area (Å²) in [6.07, 6.45) is 2.31. The second kappa shape index (κ2) is 7.37. The van der Waals surface area contributed by atoms with Crippen LogP contribution in [0.5, 0.6) is 0 Å². The van der Waals surface area contributed by atoms with Crippen LogP contribution in [0.1, 0.15) is 32.1 Å². The molecule has 0 heterocycles. The van der Waals surface area contributed by atoms with Gasteiger partial charge in [0, 0.05) is 12.3 Å². The molecule has 0 aliphatic heterocycles. The number of aliphatic hydroxyl groups is 1. The summed E-state index contributed by atoms with van der Waals surface area (Å²) >= 11 is 5.44. The zero-order valence-corrected chi connectivity index (χ0v) is 7.76. The minimum atomic E-state index is -0.855. The fourth-order valence-electron chi connectivity index (χ4n) is 0.909. The molecule has 0 amide bonds. The third-order valence-electron chi connectivity index (χ3n) is 1.61. The highest BCUT2D eigenvalue weighted by Gasteiger charge is 2.06. The number of carbonyl (C=O) groups is 1. The standard InChI is InChI=1S/C8H15ClO3/c9-6-2-1-3-7(10)4-5-8(11)12/h7,10H,1-6H2,(H,11,12). The summed E-state index contributed by atoms with van der Waals surface area (Å²) in [6.45, 7) is 0. The number of unbranched alkanes of at least 4 members (excludes halogenated alkanes) is 1. The van der Waals surface area contributed by atoms with E-state index in [2.05, 4.69) is 0 Å². The molecule has 0 fully saturated rings. The maximum Gasteiger partial charge on any atom is 0.303 e. The Balaban J connectivity index is 3.21. The zero-order chi connectivity index (χ0) is 9.40. The molecule has 0 rings (SSSR count). The van der Waals surface area contributed by atoms with Gasteiger partial charge < -0.3 is 10.2 Å². The van der Waals surface area contributed by atoms with Crippen LogP contribution in [0, 0.1) is 0 Å². The number of carboxylic acids is 1. The van der Waals surface area contributed by atoms with Crippen LogP contribution in [0.3, 0.4) is 0 Å². The number of rotatable bonds is 7. The van der Waals surface area contributed by atoms with Crippen molar-refractivity contribution in [3.05, 3.63) is 0 Å². The third kappa shape index (κ3) is 7.82. The average molecular weight is 195 g/mol. The molecule has 0 aliphatic carbocycles. The maximum atomic E-state index is 10.1. The lowest BCUT2D eigenvalue weighted by Gasteiger charge is -2.07. The van der Waals surface area contributed by atoms with E-state index in [0.717, 1.165) is 12.8 Å². The summed E-state index contributed by atoms with van der Waals surface area (Å²) in [5, 5.41) is 17.5. The predicted octanol–water partition coefficient (Wildman–Crippen LogP) is 1.62. The Bertz CT molecular complexity index is 127. The first kappa shape index (κ1) is 11.7. The van der Waals surface area contributed by atoms with Crippen molar-refractivity contribution >= 4 is 17.6 Å². The molecule has 0 spiro atoms. The van der Waals surface area contributed by atoms with E-state index in [9.17, 15) is 9.90 Å². The SMILES string of the molecule is O=C(O)CCC(O)CCCCCl. The van der Waals surface area contributed by atoms with Crippen LogP contribution in [0.2, 0.25) is 0 Å². The highest BCUT2D eigenvalue weighted by atomic mass is 35.5. The molecule has 2 N–H and O–H groups in total. The zero-order valence-electron chi connectivity index (χ0n) is 7.00. The van der Waals surface area contributed by atoms with Crippen molar-refractivity contribution in [3.8, 4) is 0 Å². The van der Waals surface area contributed by atoms with Crippen LogP contribution in [0.15, 0.2) is 0 Å². The summed E-state index contributed by atoms with van der Waals surface area (Å²) in [4.78, 5) is 10.1. The van der Waals surface area contributed by atoms with E-state index >= 15 is 0 Å². The van der Waals surface area contributed by atoms with Gasteiger partial charge in [0.1, 0.15) is 0 Å². The van der Waals surface area contributed by atoms with Gasteiger partial charge in [0.25, 0.3) is 0 Å². The van der Waals surface area contributed by atoms with E-state index in [1.54, 1.807) is 0 Å². The van der Waals surface area contributed by atoms with Gasteiger partial charge in [-0.1, -0.05) is 0 Å². The lowest BCUT2D eigenvalue weighted by molar-refractivity contribution is -0.137. The minimum absolute atomic E-state index is 0.0437. The summed E-state index contributed by atoms with van der Waals surface area (Å²) < 4.78 is 0. The van der Waals surface area contributed by atoms with Crippen LogP contribution >= 0.6 is 11.6 Å². The topological polar surface area (TPSA) is 57.5 Å². The minimum Gasteiger partial charge on any atom is -0.481 e. The predicted molar refractivity (Wildman–Crippen MR) is 47.4 cm³/mol. The van der Waals surface area contributed by atoms with Crippen LogP contribution in [0.4, 0.5) is 0 Å². The molecule has 72 valence electrons. The largest absolute Gasteiger partial charge is 0.481 e. The summed E-state index contributed by atoms with van der Waals surface area (Å²) in [6, 6.07) is 0. The second-order valence-corrected chi connectivity index (χ2v) is 3.15. The molecule has 0 aromatic heterocycles. The highest BCUT2D eigenvalue weighted by Crippen LogP contribution is 2.07. The molecule has 0 aliphatic rings. The van der Waals surface area contributed by atoms with Crippen molar-refractivity contribution in [1.82, 2.24) is 0 Å². The van der Waals surface area contributed by atoms with Crippen LogP contribution < -0.4 is 0 Å². The van der Waals surface area contributed by atoms with Gasteiger partial charge in [-0.25, -0.2) is 0 Å². The van der Waals surface area contributed by atoms with Gasteiger partial charge in [-0.15, -0.1) is 11.6 Å². The van der Waals surface area contributed by atoms with Crippen LogP contribution in [-0.4, -0.2) is 28.2 Å². The molecule has 1 atom stereocenters. The molecule has 0 bridgehead atoms. The molecule has 0 aromatic rings. The van der Waals surface area contributed by atoms with Crippen molar-refractivity contribution in [1.29, 1.82) is 0 Å². The van der Waals surface area contributed by atoms with Crippen molar-refractivity contribution in [2.45, 2.75) is 38.2 Å². The maximum absolute atomic E-state index is 10.1. The van der Waals surface area contributed by atoms with Gasteiger partial charge in [-0.05, 0) is 25.7 Å². The normalized spacial score (nSPS) is 12.8. The van der Waals surface area contributed by atoms with E-state index in [4.69, 9.17) is 16.7 Å². The van der Waals surface area contributed by atoms with E-state index in [1.807, 2.05) is 0 Å². The summed E-state index contributed by atoms with van der Waals surface area (Å²) in [5.41, 5.74) is 0. The van der Waals surface area contributed by atoms with Gasteiger partial charge in [0.15, 0.2) is 0 Å². The van der Waals surface area contributed by atoms with Crippen LogP contribution in [-0.2, 0) is 4.79 Å². The highest BCUT2D eigenvalue weighted by molar-refractivity contribution is 6.17. The van der Waals surface area contributed by atoms with Crippen molar-refractivity contribution in [3.63, 3.8) is 0 Å². The third-order valence-corrected chi connectivity index (χ3v) is 1.88. The Hall–Kier alpha value is -0.280. The first-order valence-corrected chi connectivity index (χ1v) is 4.66. The smallest absolute Gasteiger partial charge is 0.303 e. The lowest BCUT2D eigenvalue weighted by atomic mass is 10.1. The molecular weight excluding hydrogens is 180 g/mol. The Morgan fingerprint density at radius 2 is 2.00 bits per heavy atom. The van der Waals surface area contributed by atoms with Crippen molar-refractivity contribution in [2.75, 3.05) is 5.88 Å². The first-order valence-electron chi connectivity index (χ1n) is 4.12. The molecule has 0 saturated carbocycles. The quantitative estimate of drug-likeness (QED) is 0.478. The Morgan fingerprint density at radius 3 is 2.50 bits per heavy atom. The number of hydrogen-bond acceptors (Lipinski definition) is 2. The first-order chi connectivity index (χ1) is 5.66. The average Bonchev–Trinajstić information content (AvgIpc) is 2.01. The molecule has 12 heavy (non-hydrogen) atoms. The van der Waals surface area contributed by atoms with Crippen molar-refractivity contribution < 1.29 is 15.0 Å². The number of carboxylic acid groups (broad SMARTS) is 1. The fourth-order valence-corrected chi connectivity index (χ4v) is 1.10. The second-order valence-electron chi connectivity index (χ2n) is 2.77. The molecule has 0 aromatic carbocycles. The lowest BCUT2D eigenvalue weighted by Crippen LogP contribution is -2.09. The number of aliphatic carboxylic acids is 1. The molecule has 4 heteroatoms. The Labute approximate surface area is 77.3 Å².